The number of methoxy groups -OCH3 is 1. The fraction of sp³-hybridized carbons (Fsp3) is 0.259. The number of nitrogens with zero attached hydrogens (tertiary/aromatic N) is 2. The fourth-order valence-electron chi connectivity index (χ4n) is 4.47. The van der Waals surface area contributed by atoms with Gasteiger partial charge in [0.15, 0.2) is 0 Å². The third kappa shape index (κ3) is 4.29. The van der Waals surface area contributed by atoms with E-state index in [2.05, 4.69) is 22.3 Å². The zero-order chi connectivity index (χ0) is 23.5. The van der Waals surface area contributed by atoms with Gasteiger partial charge in [0.05, 0.1) is 25.5 Å². The van der Waals surface area contributed by atoms with Crippen LogP contribution in [-0.4, -0.2) is 36.9 Å². The van der Waals surface area contributed by atoms with E-state index < -0.39 is 0 Å². The number of hydrogen-bond donors (Lipinski definition) is 1. The minimum absolute atomic E-state index is 0.0728. The second-order valence-electron chi connectivity index (χ2n) is 8.47. The lowest BCUT2D eigenvalue weighted by molar-refractivity contribution is -0.137. The Morgan fingerprint density at radius 3 is 2.29 bits per heavy atom. The molecule has 1 saturated heterocycles. The molecule has 0 radical (unpaired) electrons. The Labute approximate surface area is 198 Å². The van der Waals surface area contributed by atoms with Crippen molar-refractivity contribution in [3.63, 3.8) is 0 Å². The van der Waals surface area contributed by atoms with E-state index in [1.807, 2.05) is 12.1 Å². The van der Waals surface area contributed by atoms with Gasteiger partial charge in [-0.1, -0.05) is 12.1 Å². The van der Waals surface area contributed by atoms with Gasteiger partial charge in [0.1, 0.15) is 17.2 Å². The molecule has 2 aliphatic heterocycles. The molecule has 2 amide bonds. The summed E-state index contributed by atoms with van der Waals surface area (Å²) in [6.45, 7) is 2.20. The fourth-order valence-corrected chi connectivity index (χ4v) is 4.47. The SMILES string of the molecule is COc1ccc(C2=C(Nc3ccc(N4CCCCC4)cc3)C(=O)N(Cc3ccco3)C2=O)cc1. The van der Waals surface area contributed by atoms with Gasteiger partial charge in [0.2, 0.25) is 0 Å². The summed E-state index contributed by atoms with van der Waals surface area (Å²) in [6.07, 6.45) is 5.23. The molecule has 5 rings (SSSR count). The van der Waals surface area contributed by atoms with Crippen LogP contribution in [0.4, 0.5) is 11.4 Å². The maximum Gasteiger partial charge on any atom is 0.278 e. The summed E-state index contributed by atoms with van der Waals surface area (Å²) in [5.41, 5.74) is 3.16. The van der Waals surface area contributed by atoms with Gasteiger partial charge in [-0.05, 0) is 73.4 Å². The Morgan fingerprint density at radius 1 is 0.912 bits per heavy atom. The van der Waals surface area contributed by atoms with Crippen molar-refractivity contribution in [2.75, 3.05) is 30.4 Å². The van der Waals surface area contributed by atoms with Crippen LogP contribution in [0.2, 0.25) is 0 Å². The lowest BCUT2D eigenvalue weighted by Crippen LogP contribution is -2.31. The lowest BCUT2D eigenvalue weighted by Gasteiger charge is -2.28. The molecule has 7 nitrogen and oxygen atoms in total. The molecule has 2 aromatic carbocycles. The molecule has 1 aromatic heterocycles. The summed E-state index contributed by atoms with van der Waals surface area (Å²) in [5, 5.41) is 3.23. The maximum absolute atomic E-state index is 13.4. The third-order valence-electron chi connectivity index (χ3n) is 6.30. The molecule has 2 aliphatic rings. The molecule has 0 aliphatic carbocycles. The number of anilines is 2. The molecular weight excluding hydrogens is 430 g/mol. The van der Waals surface area contributed by atoms with E-state index >= 15 is 0 Å². The zero-order valence-electron chi connectivity index (χ0n) is 19.1. The van der Waals surface area contributed by atoms with Crippen molar-refractivity contribution in [2.24, 2.45) is 0 Å². The van der Waals surface area contributed by atoms with Gasteiger partial charge >= 0.3 is 0 Å². The molecule has 0 unspecified atom stereocenters. The van der Waals surface area contributed by atoms with Crippen molar-refractivity contribution in [1.82, 2.24) is 4.90 Å². The van der Waals surface area contributed by atoms with Crippen molar-refractivity contribution >= 4 is 28.8 Å². The topological polar surface area (TPSA) is 75.0 Å². The third-order valence-corrected chi connectivity index (χ3v) is 6.30. The van der Waals surface area contributed by atoms with Gasteiger partial charge in [-0.2, -0.15) is 0 Å². The van der Waals surface area contributed by atoms with Crippen molar-refractivity contribution in [3.05, 3.63) is 83.9 Å². The average Bonchev–Trinajstić information content (AvgIpc) is 3.48. The molecule has 3 aromatic rings. The Bertz CT molecular complexity index is 1190. The van der Waals surface area contributed by atoms with E-state index in [1.54, 1.807) is 43.5 Å². The Kier molecular flexibility index (Phi) is 6.08. The average molecular weight is 458 g/mol. The van der Waals surface area contributed by atoms with Crippen LogP contribution in [0.1, 0.15) is 30.6 Å². The van der Waals surface area contributed by atoms with Crippen LogP contribution in [0.3, 0.4) is 0 Å². The van der Waals surface area contributed by atoms with Crippen molar-refractivity contribution < 1.29 is 18.7 Å². The monoisotopic (exact) mass is 457 g/mol. The zero-order valence-corrected chi connectivity index (χ0v) is 19.1. The van der Waals surface area contributed by atoms with E-state index in [9.17, 15) is 9.59 Å². The first-order valence-corrected chi connectivity index (χ1v) is 11.5. The van der Waals surface area contributed by atoms with Crippen LogP contribution in [0, 0.1) is 0 Å². The highest BCUT2D eigenvalue weighted by Crippen LogP contribution is 2.33. The molecule has 0 spiro atoms. The molecule has 1 fully saturated rings. The largest absolute Gasteiger partial charge is 0.497 e. The number of furan rings is 1. The first kappa shape index (κ1) is 21.8. The van der Waals surface area contributed by atoms with Gasteiger partial charge in [-0.25, -0.2) is 0 Å². The molecule has 0 saturated carbocycles. The van der Waals surface area contributed by atoms with Crippen LogP contribution >= 0.6 is 0 Å². The lowest BCUT2D eigenvalue weighted by atomic mass is 10.0. The van der Waals surface area contributed by atoms with Gasteiger partial charge < -0.3 is 19.4 Å². The van der Waals surface area contributed by atoms with Crippen LogP contribution in [0.5, 0.6) is 5.75 Å². The van der Waals surface area contributed by atoms with Gasteiger partial charge in [0, 0.05) is 24.5 Å². The van der Waals surface area contributed by atoms with Crippen LogP contribution in [0.15, 0.2) is 77.0 Å². The number of rotatable bonds is 7. The van der Waals surface area contributed by atoms with E-state index in [-0.39, 0.29) is 24.1 Å². The predicted octanol–water partition coefficient (Wildman–Crippen LogP) is 4.67. The first-order chi connectivity index (χ1) is 16.6. The molecule has 34 heavy (non-hydrogen) atoms. The minimum atomic E-state index is -0.382. The van der Waals surface area contributed by atoms with E-state index in [0.29, 0.717) is 22.6 Å². The molecule has 7 heteroatoms. The van der Waals surface area contributed by atoms with Crippen LogP contribution < -0.4 is 15.0 Å². The second-order valence-corrected chi connectivity index (χ2v) is 8.47. The van der Waals surface area contributed by atoms with E-state index in [4.69, 9.17) is 9.15 Å². The number of ether oxygens (including phenoxy) is 1. The standard InChI is InChI=1S/C27H27N3O4/c1-33-22-13-7-19(8-14-22)24-25(27(32)30(26(24)31)18-23-6-5-17-34-23)28-20-9-11-21(12-10-20)29-15-3-2-4-16-29/h5-14,17,28H,2-4,15-16,18H2,1H3. The highest BCUT2D eigenvalue weighted by Gasteiger charge is 2.39. The Hall–Kier alpha value is -4.00. The number of nitrogens with one attached hydrogen (secondary N) is 1. The Balaban J connectivity index is 1.45. The molecule has 0 atom stereocenters. The number of piperidine rings is 1. The van der Waals surface area contributed by atoms with Gasteiger partial charge in [0.25, 0.3) is 11.8 Å². The first-order valence-electron chi connectivity index (χ1n) is 11.5. The van der Waals surface area contributed by atoms with Crippen LogP contribution in [-0.2, 0) is 16.1 Å². The van der Waals surface area contributed by atoms with E-state index in [1.165, 1.54) is 36.1 Å². The normalized spacial score (nSPS) is 16.4. The number of amides is 2. The summed E-state index contributed by atoms with van der Waals surface area (Å²) in [4.78, 5) is 30.4. The van der Waals surface area contributed by atoms with Gasteiger partial charge in [-0.3, -0.25) is 14.5 Å². The number of imide groups is 1. The maximum atomic E-state index is 13.4. The quantitative estimate of drug-likeness (QED) is 0.520. The summed E-state index contributed by atoms with van der Waals surface area (Å²) < 4.78 is 10.6. The predicted molar refractivity (Wildman–Crippen MR) is 130 cm³/mol. The summed E-state index contributed by atoms with van der Waals surface area (Å²) in [6, 6.07) is 18.6. The highest BCUT2D eigenvalue weighted by atomic mass is 16.5. The number of hydrogen-bond acceptors (Lipinski definition) is 6. The van der Waals surface area contributed by atoms with Crippen molar-refractivity contribution in [1.29, 1.82) is 0 Å². The molecular formula is C27H27N3O4. The summed E-state index contributed by atoms with van der Waals surface area (Å²) in [7, 11) is 1.59. The summed E-state index contributed by atoms with van der Waals surface area (Å²) >= 11 is 0. The molecule has 0 bridgehead atoms. The number of carbonyl (C=O) groups is 2. The van der Waals surface area contributed by atoms with Crippen molar-refractivity contribution in [3.8, 4) is 5.75 Å². The number of benzene rings is 2. The highest BCUT2D eigenvalue weighted by molar-refractivity contribution is 6.36. The molecule has 3 heterocycles. The van der Waals surface area contributed by atoms with Crippen molar-refractivity contribution in [2.45, 2.75) is 25.8 Å². The second kappa shape index (κ2) is 9.47. The smallest absolute Gasteiger partial charge is 0.278 e. The van der Waals surface area contributed by atoms with Crippen LogP contribution in [0.25, 0.3) is 5.57 Å². The molecule has 1 N–H and O–H groups in total. The number of carbonyl (C=O) groups excluding carboxylic acids is 2. The summed E-state index contributed by atoms with van der Waals surface area (Å²) in [5.74, 6) is 0.477. The Morgan fingerprint density at radius 2 is 1.65 bits per heavy atom. The molecule has 174 valence electrons. The van der Waals surface area contributed by atoms with Gasteiger partial charge in [-0.15, -0.1) is 0 Å². The van der Waals surface area contributed by atoms with E-state index in [0.717, 1.165) is 18.8 Å². The minimum Gasteiger partial charge on any atom is -0.497 e.